The minimum absolute atomic E-state index is 0.131. The van der Waals surface area contributed by atoms with E-state index >= 15 is 0 Å². The van der Waals surface area contributed by atoms with Gasteiger partial charge in [-0.2, -0.15) is 0 Å². The average molecular weight is 343 g/mol. The average Bonchev–Trinajstić information content (AvgIpc) is 3.02. The molecule has 0 aromatic heterocycles. The van der Waals surface area contributed by atoms with Crippen LogP contribution in [-0.4, -0.2) is 60.4 Å². The van der Waals surface area contributed by atoms with E-state index < -0.39 is 0 Å². The fourth-order valence-corrected chi connectivity index (χ4v) is 3.81. The van der Waals surface area contributed by atoms with Crippen molar-refractivity contribution in [1.82, 2.24) is 9.80 Å². The normalized spacial score (nSPS) is 22.4. The number of carbonyl (C=O) groups is 2. The molecule has 5 nitrogen and oxygen atoms in total. The summed E-state index contributed by atoms with van der Waals surface area (Å²) in [4.78, 5) is 31.2. The van der Waals surface area contributed by atoms with Crippen LogP contribution in [0, 0.1) is 12.8 Å². The number of carbonyl (C=O) groups excluding carboxylic acids is 2. The number of aryl methyl sites for hydroxylation is 1. The zero-order chi connectivity index (χ0) is 18.0. The molecule has 1 aromatic rings. The summed E-state index contributed by atoms with van der Waals surface area (Å²) in [5.74, 6) is 0.126. The Morgan fingerprint density at radius 1 is 1.24 bits per heavy atom. The van der Waals surface area contributed by atoms with Gasteiger partial charge >= 0.3 is 0 Å². The summed E-state index contributed by atoms with van der Waals surface area (Å²) in [6.07, 6.45) is 1.31. The van der Waals surface area contributed by atoms with Crippen molar-refractivity contribution in [3.63, 3.8) is 0 Å². The Hall–Kier alpha value is -2.04. The lowest BCUT2D eigenvalue weighted by Gasteiger charge is -2.37. The van der Waals surface area contributed by atoms with Crippen molar-refractivity contribution in [2.45, 2.75) is 39.7 Å². The molecule has 0 spiro atoms. The highest BCUT2D eigenvalue weighted by Gasteiger charge is 2.38. The van der Waals surface area contributed by atoms with Gasteiger partial charge in [-0.05, 0) is 38.0 Å². The Morgan fingerprint density at radius 2 is 1.96 bits per heavy atom. The molecule has 0 N–H and O–H groups in total. The zero-order valence-corrected chi connectivity index (χ0v) is 15.6. The standard InChI is InChI=1S/C20H29N3O2/c1-4-16(3)23-14-17(13-19(23)24)20(25)22-10-8-21(9-11-22)18-7-5-6-15(2)12-18/h5-7,12,16-17H,4,8-11,13-14H2,1-3H3. The Morgan fingerprint density at radius 3 is 2.60 bits per heavy atom. The lowest BCUT2D eigenvalue weighted by Crippen LogP contribution is -2.50. The molecule has 2 amide bonds. The van der Waals surface area contributed by atoms with Gasteiger partial charge in [0.1, 0.15) is 0 Å². The summed E-state index contributed by atoms with van der Waals surface area (Å²) in [6.45, 7) is 10.0. The molecule has 1 aromatic carbocycles. The third-order valence-electron chi connectivity index (χ3n) is 5.59. The number of nitrogens with zero attached hydrogens (tertiary/aromatic N) is 3. The predicted molar refractivity (Wildman–Crippen MR) is 99.5 cm³/mol. The smallest absolute Gasteiger partial charge is 0.228 e. The zero-order valence-electron chi connectivity index (χ0n) is 15.6. The number of amides is 2. The fourth-order valence-electron chi connectivity index (χ4n) is 3.81. The van der Waals surface area contributed by atoms with Gasteiger partial charge in [-0.15, -0.1) is 0 Å². The van der Waals surface area contributed by atoms with Crippen LogP contribution in [0.3, 0.4) is 0 Å². The minimum atomic E-state index is -0.160. The van der Waals surface area contributed by atoms with Crippen LogP contribution in [-0.2, 0) is 9.59 Å². The number of likely N-dealkylation sites (tertiary alicyclic amines) is 1. The molecule has 0 bridgehead atoms. The summed E-state index contributed by atoms with van der Waals surface area (Å²) in [7, 11) is 0. The monoisotopic (exact) mass is 343 g/mol. The van der Waals surface area contributed by atoms with E-state index in [1.165, 1.54) is 11.3 Å². The van der Waals surface area contributed by atoms with Crippen molar-refractivity contribution in [2.24, 2.45) is 5.92 Å². The largest absolute Gasteiger partial charge is 0.368 e. The van der Waals surface area contributed by atoms with Crippen molar-refractivity contribution >= 4 is 17.5 Å². The Balaban J connectivity index is 1.56. The Bertz CT molecular complexity index is 638. The summed E-state index contributed by atoms with van der Waals surface area (Å²) in [6, 6.07) is 8.73. The van der Waals surface area contributed by atoms with Crippen molar-refractivity contribution in [2.75, 3.05) is 37.6 Å². The third-order valence-corrected chi connectivity index (χ3v) is 5.59. The maximum absolute atomic E-state index is 12.8. The van der Waals surface area contributed by atoms with Crippen molar-refractivity contribution in [3.05, 3.63) is 29.8 Å². The molecule has 2 saturated heterocycles. The van der Waals surface area contributed by atoms with Crippen LogP contribution in [0.2, 0.25) is 0 Å². The lowest BCUT2D eigenvalue weighted by atomic mass is 10.1. The van der Waals surface area contributed by atoms with E-state index in [9.17, 15) is 9.59 Å². The van der Waals surface area contributed by atoms with Gasteiger partial charge in [-0.3, -0.25) is 9.59 Å². The van der Waals surface area contributed by atoms with Crippen LogP contribution in [0.1, 0.15) is 32.3 Å². The van der Waals surface area contributed by atoms with Gasteiger partial charge in [0.15, 0.2) is 0 Å². The van der Waals surface area contributed by atoms with E-state index in [1.54, 1.807) is 0 Å². The minimum Gasteiger partial charge on any atom is -0.368 e. The van der Waals surface area contributed by atoms with Crippen molar-refractivity contribution in [3.8, 4) is 0 Å². The van der Waals surface area contributed by atoms with Gasteiger partial charge in [0.25, 0.3) is 0 Å². The molecule has 5 heteroatoms. The highest BCUT2D eigenvalue weighted by Crippen LogP contribution is 2.24. The highest BCUT2D eigenvalue weighted by atomic mass is 16.2. The molecule has 2 heterocycles. The molecule has 0 aliphatic carbocycles. The summed E-state index contributed by atoms with van der Waals surface area (Å²) in [5.41, 5.74) is 2.48. The molecule has 2 aliphatic heterocycles. The van der Waals surface area contributed by atoms with E-state index in [0.717, 1.165) is 32.6 Å². The van der Waals surface area contributed by atoms with Crippen molar-refractivity contribution < 1.29 is 9.59 Å². The maximum atomic E-state index is 12.8. The molecular weight excluding hydrogens is 314 g/mol. The van der Waals surface area contributed by atoms with Crippen LogP contribution in [0.5, 0.6) is 0 Å². The Labute approximate surface area is 150 Å². The summed E-state index contributed by atoms with van der Waals surface area (Å²) >= 11 is 0. The summed E-state index contributed by atoms with van der Waals surface area (Å²) < 4.78 is 0. The van der Waals surface area contributed by atoms with E-state index in [0.29, 0.717) is 13.0 Å². The first-order valence-electron chi connectivity index (χ1n) is 9.39. The first-order chi connectivity index (χ1) is 12.0. The van der Waals surface area contributed by atoms with E-state index in [-0.39, 0.29) is 23.8 Å². The van der Waals surface area contributed by atoms with Gasteiger partial charge in [0.2, 0.25) is 11.8 Å². The quantitative estimate of drug-likeness (QED) is 0.842. The van der Waals surface area contributed by atoms with E-state index in [4.69, 9.17) is 0 Å². The predicted octanol–water partition coefficient (Wildman–Crippen LogP) is 2.29. The van der Waals surface area contributed by atoms with Gasteiger partial charge in [-0.25, -0.2) is 0 Å². The number of piperazine rings is 1. The van der Waals surface area contributed by atoms with E-state index in [1.807, 2.05) is 9.80 Å². The SMILES string of the molecule is CCC(C)N1CC(C(=O)N2CCN(c3cccc(C)c3)CC2)CC1=O. The van der Waals surface area contributed by atoms with Gasteiger partial charge in [0, 0.05) is 50.9 Å². The van der Waals surface area contributed by atoms with Crippen LogP contribution < -0.4 is 4.90 Å². The fraction of sp³-hybridized carbons (Fsp3) is 0.600. The summed E-state index contributed by atoms with van der Waals surface area (Å²) in [5, 5.41) is 0. The molecule has 0 saturated carbocycles. The first-order valence-corrected chi connectivity index (χ1v) is 9.39. The molecular formula is C20H29N3O2. The Kier molecular flexibility index (Phi) is 5.30. The van der Waals surface area contributed by atoms with E-state index in [2.05, 4.69) is 49.9 Å². The van der Waals surface area contributed by atoms with Gasteiger partial charge in [0.05, 0.1) is 5.92 Å². The number of anilines is 1. The number of benzene rings is 1. The lowest BCUT2D eigenvalue weighted by molar-refractivity contribution is -0.136. The molecule has 2 atom stereocenters. The molecule has 2 aliphatic rings. The number of rotatable bonds is 4. The third kappa shape index (κ3) is 3.80. The highest BCUT2D eigenvalue weighted by molar-refractivity contribution is 5.89. The van der Waals surface area contributed by atoms with Crippen LogP contribution in [0.25, 0.3) is 0 Å². The van der Waals surface area contributed by atoms with Gasteiger partial charge < -0.3 is 14.7 Å². The molecule has 25 heavy (non-hydrogen) atoms. The van der Waals surface area contributed by atoms with Crippen LogP contribution >= 0.6 is 0 Å². The first kappa shape index (κ1) is 17.8. The molecule has 2 fully saturated rings. The maximum Gasteiger partial charge on any atom is 0.228 e. The second-order valence-electron chi connectivity index (χ2n) is 7.36. The number of hydrogen-bond donors (Lipinski definition) is 0. The second kappa shape index (κ2) is 7.46. The molecule has 3 rings (SSSR count). The molecule has 0 radical (unpaired) electrons. The van der Waals surface area contributed by atoms with Crippen LogP contribution in [0.15, 0.2) is 24.3 Å². The second-order valence-corrected chi connectivity index (χ2v) is 7.36. The molecule has 2 unspecified atom stereocenters. The molecule has 136 valence electrons. The van der Waals surface area contributed by atoms with Crippen LogP contribution in [0.4, 0.5) is 5.69 Å². The number of hydrogen-bond acceptors (Lipinski definition) is 3. The van der Waals surface area contributed by atoms with Gasteiger partial charge in [-0.1, -0.05) is 19.1 Å². The van der Waals surface area contributed by atoms with Crippen molar-refractivity contribution in [1.29, 1.82) is 0 Å². The topological polar surface area (TPSA) is 43.9 Å².